The first-order valence-corrected chi connectivity index (χ1v) is 5.65. The Morgan fingerprint density at radius 3 is 3.00 bits per heavy atom. The smallest absolute Gasteiger partial charge is 0.160 e. The number of hydrogen-bond acceptors (Lipinski definition) is 3. The van der Waals surface area contributed by atoms with Crippen molar-refractivity contribution in [3.05, 3.63) is 0 Å². The lowest BCUT2D eigenvalue weighted by Gasteiger charge is -2.25. The Bertz CT molecular complexity index is 205. The van der Waals surface area contributed by atoms with Crippen LogP contribution in [0.2, 0.25) is 0 Å². The topological polar surface area (TPSA) is 20.3 Å². The maximum atomic E-state index is 11.5. The Morgan fingerprint density at radius 1 is 1.58 bits per heavy atom. The minimum atomic E-state index is 0.259. The van der Waals surface area contributed by atoms with E-state index in [1.807, 2.05) is 11.8 Å². The highest BCUT2D eigenvalue weighted by Gasteiger charge is 2.44. The van der Waals surface area contributed by atoms with Gasteiger partial charge in [-0.2, -0.15) is 0 Å². The molecule has 0 aromatic carbocycles. The summed E-state index contributed by atoms with van der Waals surface area (Å²) in [5.41, 5.74) is 0. The third kappa shape index (κ3) is 1.19. The third-order valence-corrected chi connectivity index (χ3v) is 4.19. The fraction of sp³-hybridized carbons (Fsp3) is 0.889. The van der Waals surface area contributed by atoms with Crippen LogP contribution in [0.15, 0.2) is 0 Å². The first-order chi connectivity index (χ1) is 5.70. The lowest BCUT2D eigenvalue weighted by Crippen LogP contribution is -2.41. The molecule has 3 heteroatoms. The molecule has 12 heavy (non-hydrogen) atoms. The van der Waals surface area contributed by atoms with Gasteiger partial charge in [0, 0.05) is 17.8 Å². The zero-order chi connectivity index (χ0) is 8.72. The third-order valence-electron chi connectivity index (χ3n) is 2.81. The summed E-state index contributed by atoms with van der Waals surface area (Å²) in [6.07, 6.45) is 1.21. The first-order valence-electron chi connectivity index (χ1n) is 4.60. The van der Waals surface area contributed by atoms with Gasteiger partial charge in [-0.25, -0.2) is 0 Å². The second kappa shape index (κ2) is 3.04. The Hall–Kier alpha value is -0.0200. The Balaban J connectivity index is 2.14. The van der Waals surface area contributed by atoms with Crippen LogP contribution >= 0.6 is 11.8 Å². The van der Waals surface area contributed by atoms with Gasteiger partial charge in [-0.3, -0.25) is 9.69 Å². The van der Waals surface area contributed by atoms with Crippen molar-refractivity contribution in [2.24, 2.45) is 0 Å². The van der Waals surface area contributed by atoms with E-state index in [4.69, 9.17) is 0 Å². The van der Waals surface area contributed by atoms with E-state index in [0.717, 1.165) is 12.3 Å². The SMILES string of the molecule is CC(C)N1CCC2SCC(=O)C21. The molecule has 2 heterocycles. The number of Topliss-reactive ketones (excluding diaryl/α,β-unsaturated/α-hetero) is 1. The van der Waals surface area contributed by atoms with Gasteiger partial charge in [-0.15, -0.1) is 11.8 Å². The van der Waals surface area contributed by atoms with E-state index in [-0.39, 0.29) is 6.04 Å². The fourth-order valence-electron chi connectivity index (χ4n) is 2.21. The molecule has 0 radical (unpaired) electrons. The number of nitrogens with zero attached hydrogens (tertiary/aromatic N) is 1. The van der Waals surface area contributed by atoms with E-state index < -0.39 is 0 Å². The Morgan fingerprint density at radius 2 is 2.33 bits per heavy atom. The van der Waals surface area contributed by atoms with Crippen LogP contribution in [-0.2, 0) is 4.79 Å². The summed E-state index contributed by atoms with van der Waals surface area (Å²) in [6.45, 7) is 5.48. The lowest BCUT2D eigenvalue weighted by atomic mass is 10.1. The van der Waals surface area contributed by atoms with Gasteiger partial charge in [0.05, 0.1) is 11.8 Å². The predicted molar refractivity (Wildman–Crippen MR) is 51.5 cm³/mol. The summed E-state index contributed by atoms with van der Waals surface area (Å²) in [7, 11) is 0. The summed E-state index contributed by atoms with van der Waals surface area (Å²) in [4.78, 5) is 13.9. The van der Waals surface area contributed by atoms with Crippen LogP contribution in [0.4, 0.5) is 0 Å². The van der Waals surface area contributed by atoms with Gasteiger partial charge in [0.25, 0.3) is 0 Å². The van der Waals surface area contributed by atoms with Gasteiger partial charge in [0.2, 0.25) is 0 Å². The number of fused-ring (bicyclic) bond motifs is 1. The van der Waals surface area contributed by atoms with Crippen molar-refractivity contribution in [3.63, 3.8) is 0 Å². The minimum Gasteiger partial charge on any atom is -0.297 e. The van der Waals surface area contributed by atoms with Crippen molar-refractivity contribution in [1.82, 2.24) is 4.90 Å². The second-order valence-corrected chi connectivity index (χ2v) is 5.11. The average Bonchev–Trinajstić information content (AvgIpc) is 2.53. The largest absolute Gasteiger partial charge is 0.297 e. The van der Waals surface area contributed by atoms with Crippen LogP contribution in [0.25, 0.3) is 0 Å². The summed E-state index contributed by atoms with van der Waals surface area (Å²) in [5, 5.41) is 0.611. The number of carbonyl (C=O) groups is 1. The molecule has 0 bridgehead atoms. The van der Waals surface area contributed by atoms with E-state index in [1.165, 1.54) is 6.42 Å². The van der Waals surface area contributed by atoms with Gasteiger partial charge >= 0.3 is 0 Å². The van der Waals surface area contributed by atoms with Gasteiger partial charge in [0.1, 0.15) is 0 Å². The molecule has 0 saturated carbocycles. The number of hydrogen-bond donors (Lipinski definition) is 0. The van der Waals surface area contributed by atoms with Gasteiger partial charge in [-0.05, 0) is 20.3 Å². The Labute approximate surface area is 77.7 Å². The molecule has 0 aromatic rings. The highest BCUT2D eigenvalue weighted by Crippen LogP contribution is 2.36. The number of thioether (sulfide) groups is 1. The maximum Gasteiger partial charge on any atom is 0.160 e. The lowest BCUT2D eigenvalue weighted by molar-refractivity contribution is -0.120. The van der Waals surface area contributed by atoms with Gasteiger partial charge in [0.15, 0.2) is 5.78 Å². The van der Waals surface area contributed by atoms with Crippen LogP contribution in [-0.4, -0.2) is 40.3 Å². The van der Waals surface area contributed by atoms with Crippen LogP contribution in [0.3, 0.4) is 0 Å². The molecule has 68 valence electrons. The summed E-state index contributed by atoms with van der Waals surface area (Å²) < 4.78 is 0. The number of rotatable bonds is 1. The molecule has 2 fully saturated rings. The van der Waals surface area contributed by atoms with Crippen molar-refractivity contribution < 1.29 is 4.79 Å². The molecule has 2 rings (SSSR count). The fourth-order valence-corrected chi connectivity index (χ4v) is 3.52. The highest BCUT2D eigenvalue weighted by atomic mass is 32.2. The molecule has 2 nitrogen and oxygen atoms in total. The van der Waals surface area contributed by atoms with E-state index in [0.29, 0.717) is 17.1 Å². The zero-order valence-corrected chi connectivity index (χ0v) is 8.43. The first kappa shape index (κ1) is 8.57. The monoisotopic (exact) mass is 185 g/mol. The normalized spacial score (nSPS) is 36.4. The standard InChI is InChI=1S/C9H15NOS/c1-6(2)10-4-3-8-9(10)7(11)5-12-8/h6,8-9H,3-5H2,1-2H3. The van der Waals surface area contributed by atoms with E-state index >= 15 is 0 Å². The van der Waals surface area contributed by atoms with Crippen molar-refractivity contribution in [3.8, 4) is 0 Å². The molecular formula is C9H15NOS. The number of likely N-dealkylation sites (tertiary alicyclic amines) is 1. The summed E-state index contributed by atoms with van der Waals surface area (Å²) >= 11 is 1.85. The summed E-state index contributed by atoms with van der Waals surface area (Å²) in [5.74, 6) is 1.20. The van der Waals surface area contributed by atoms with Crippen LogP contribution in [0.1, 0.15) is 20.3 Å². The molecule has 2 aliphatic heterocycles. The highest BCUT2D eigenvalue weighted by molar-refractivity contribution is 8.01. The maximum absolute atomic E-state index is 11.5. The van der Waals surface area contributed by atoms with Crippen molar-refractivity contribution in [2.45, 2.75) is 37.6 Å². The van der Waals surface area contributed by atoms with Crippen molar-refractivity contribution >= 4 is 17.5 Å². The zero-order valence-electron chi connectivity index (χ0n) is 7.62. The Kier molecular flexibility index (Phi) is 2.17. The van der Waals surface area contributed by atoms with E-state index in [2.05, 4.69) is 18.7 Å². The number of ketones is 1. The molecule has 0 amide bonds. The van der Waals surface area contributed by atoms with Gasteiger partial charge in [-0.1, -0.05) is 0 Å². The van der Waals surface area contributed by atoms with Crippen molar-refractivity contribution in [2.75, 3.05) is 12.3 Å². The molecule has 0 spiro atoms. The minimum absolute atomic E-state index is 0.259. The number of carbonyl (C=O) groups excluding carboxylic acids is 1. The van der Waals surface area contributed by atoms with Crippen LogP contribution < -0.4 is 0 Å². The van der Waals surface area contributed by atoms with Crippen LogP contribution in [0, 0.1) is 0 Å². The van der Waals surface area contributed by atoms with Crippen LogP contribution in [0.5, 0.6) is 0 Å². The van der Waals surface area contributed by atoms with Gasteiger partial charge < -0.3 is 0 Å². The predicted octanol–water partition coefficient (Wildman–Crippen LogP) is 1.15. The van der Waals surface area contributed by atoms with E-state index in [9.17, 15) is 4.79 Å². The molecule has 0 N–H and O–H groups in total. The van der Waals surface area contributed by atoms with E-state index in [1.54, 1.807) is 0 Å². The molecule has 2 saturated heterocycles. The molecule has 2 unspecified atom stereocenters. The molecule has 2 aliphatic rings. The average molecular weight is 185 g/mol. The second-order valence-electron chi connectivity index (χ2n) is 3.88. The quantitative estimate of drug-likeness (QED) is 0.611. The molecule has 0 aromatic heterocycles. The van der Waals surface area contributed by atoms with Crippen molar-refractivity contribution in [1.29, 1.82) is 0 Å². The summed E-state index contributed by atoms with van der Waals surface area (Å²) in [6, 6.07) is 0.789. The molecular weight excluding hydrogens is 170 g/mol. The molecule has 2 atom stereocenters. The molecule has 0 aliphatic carbocycles.